The van der Waals surface area contributed by atoms with Gasteiger partial charge in [0.05, 0.1) is 5.41 Å². The van der Waals surface area contributed by atoms with Crippen molar-refractivity contribution in [1.29, 1.82) is 0 Å². The molecule has 0 spiro atoms. The average molecular weight is 238 g/mol. The monoisotopic (exact) mass is 238 g/mol. The zero-order valence-electron chi connectivity index (χ0n) is 9.31. The normalized spacial score (nSPS) is 17.9. The van der Waals surface area contributed by atoms with Gasteiger partial charge in [-0.25, -0.2) is 0 Å². The zero-order chi connectivity index (χ0) is 12.3. The summed E-state index contributed by atoms with van der Waals surface area (Å²) in [4.78, 5) is 23.0. The topological polar surface area (TPSA) is 92.4 Å². The third-order valence-electron chi connectivity index (χ3n) is 3.22. The predicted octanol–water partition coefficient (Wildman–Crippen LogP) is 1.65. The molecule has 0 aliphatic heterocycles. The van der Waals surface area contributed by atoms with Gasteiger partial charge in [0, 0.05) is 12.5 Å². The molecular weight excluding hydrogens is 224 g/mol. The van der Waals surface area contributed by atoms with Crippen LogP contribution in [0.2, 0.25) is 0 Å². The largest absolute Gasteiger partial charge is 0.481 e. The average Bonchev–Trinajstić information content (AvgIpc) is 2.89. The molecule has 1 fully saturated rings. The number of hydrogen-bond donors (Lipinski definition) is 2. The number of nitrogens with zero attached hydrogens (tertiary/aromatic N) is 1. The summed E-state index contributed by atoms with van der Waals surface area (Å²) in [7, 11) is 0. The molecule has 1 saturated carbocycles. The molecule has 1 amide bonds. The first-order chi connectivity index (χ1) is 8.12. The molecule has 1 aromatic heterocycles. The minimum absolute atomic E-state index is 0.00477. The fourth-order valence-electron chi connectivity index (χ4n) is 2.29. The molecule has 1 heterocycles. The number of carbonyl (C=O) groups is 2. The van der Waals surface area contributed by atoms with Gasteiger partial charge in [-0.1, -0.05) is 18.0 Å². The van der Waals surface area contributed by atoms with Gasteiger partial charge in [0.15, 0.2) is 5.82 Å². The zero-order valence-corrected chi connectivity index (χ0v) is 9.31. The highest BCUT2D eigenvalue weighted by Gasteiger charge is 2.43. The Hall–Kier alpha value is -1.85. The molecule has 1 aliphatic rings. The Kier molecular flexibility index (Phi) is 3.12. The minimum Gasteiger partial charge on any atom is -0.481 e. The summed E-state index contributed by atoms with van der Waals surface area (Å²) in [6, 6.07) is 1.51. The van der Waals surface area contributed by atoms with Gasteiger partial charge in [-0.3, -0.25) is 9.59 Å². The number of amides is 1. The van der Waals surface area contributed by atoms with Gasteiger partial charge in [-0.2, -0.15) is 0 Å². The van der Waals surface area contributed by atoms with E-state index in [4.69, 9.17) is 0 Å². The summed E-state index contributed by atoms with van der Waals surface area (Å²) in [5, 5.41) is 15.3. The fraction of sp³-hybridized carbons (Fsp3) is 0.545. The SMILES string of the molecule is O=C(CC1(C(=O)O)CCCC1)Nc1ccon1. The van der Waals surface area contributed by atoms with Gasteiger partial charge in [0.25, 0.3) is 0 Å². The van der Waals surface area contributed by atoms with Crippen LogP contribution in [-0.4, -0.2) is 22.1 Å². The van der Waals surface area contributed by atoms with Gasteiger partial charge >= 0.3 is 5.97 Å². The smallest absolute Gasteiger partial charge is 0.310 e. The third kappa shape index (κ3) is 2.46. The van der Waals surface area contributed by atoms with Crippen LogP contribution >= 0.6 is 0 Å². The second-order valence-electron chi connectivity index (χ2n) is 4.40. The Morgan fingerprint density at radius 3 is 2.71 bits per heavy atom. The minimum atomic E-state index is -0.895. The molecule has 2 N–H and O–H groups in total. The van der Waals surface area contributed by atoms with Gasteiger partial charge in [-0.15, -0.1) is 0 Å². The number of aromatic nitrogens is 1. The lowest BCUT2D eigenvalue weighted by Crippen LogP contribution is -2.32. The van der Waals surface area contributed by atoms with Crippen molar-refractivity contribution in [2.45, 2.75) is 32.1 Å². The number of aliphatic carboxylic acids is 1. The van der Waals surface area contributed by atoms with Crippen molar-refractivity contribution in [2.24, 2.45) is 5.41 Å². The van der Waals surface area contributed by atoms with Crippen LogP contribution in [0.25, 0.3) is 0 Å². The first-order valence-corrected chi connectivity index (χ1v) is 5.56. The maximum atomic E-state index is 11.7. The van der Waals surface area contributed by atoms with E-state index in [1.165, 1.54) is 12.3 Å². The van der Waals surface area contributed by atoms with Crippen molar-refractivity contribution >= 4 is 17.7 Å². The molecule has 0 unspecified atom stereocenters. The molecule has 92 valence electrons. The van der Waals surface area contributed by atoms with E-state index < -0.39 is 11.4 Å². The van der Waals surface area contributed by atoms with Crippen molar-refractivity contribution < 1.29 is 19.2 Å². The van der Waals surface area contributed by atoms with E-state index in [0.29, 0.717) is 18.7 Å². The van der Waals surface area contributed by atoms with Crippen LogP contribution in [0.1, 0.15) is 32.1 Å². The number of hydrogen-bond acceptors (Lipinski definition) is 4. The van der Waals surface area contributed by atoms with Crippen LogP contribution in [0.15, 0.2) is 16.9 Å². The molecule has 2 rings (SSSR count). The molecule has 1 aromatic rings. The molecule has 17 heavy (non-hydrogen) atoms. The lowest BCUT2D eigenvalue weighted by Gasteiger charge is -2.22. The lowest BCUT2D eigenvalue weighted by molar-refractivity contribution is -0.150. The highest BCUT2D eigenvalue weighted by atomic mass is 16.5. The Morgan fingerprint density at radius 1 is 1.47 bits per heavy atom. The molecule has 0 aromatic carbocycles. The maximum Gasteiger partial charge on any atom is 0.310 e. The Morgan fingerprint density at radius 2 is 2.18 bits per heavy atom. The summed E-state index contributed by atoms with van der Waals surface area (Å²) >= 11 is 0. The number of carboxylic acid groups (broad SMARTS) is 1. The van der Waals surface area contributed by atoms with E-state index in [1.54, 1.807) is 0 Å². The van der Waals surface area contributed by atoms with Crippen molar-refractivity contribution in [2.75, 3.05) is 5.32 Å². The van der Waals surface area contributed by atoms with E-state index in [1.807, 2.05) is 0 Å². The van der Waals surface area contributed by atoms with Crippen LogP contribution < -0.4 is 5.32 Å². The molecule has 0 atom stereocenters. The molecule has 6 heteroatoms. The van der Waals surface area contributed by atoms with Crippen molar-refractivity contribution in [3.63, 3.8) is 0 Å². The molecule has 1 aliphatic carbocycles. The molecule has 6 nitrogen and oxygen atoms in total. The second kappa shape index (κ2) is 4.57. The highest BCUT2D eigenvalue weighted by molar-refractivity contribution is 5.93. The van der Waals surface area contributed by atoms with Gasteiger partial charge in [0.1, 0.15) is 6.26 Å². The maximum absolute atomic E-state index is 11.7. The summed E-state index contributed by atoms with van der Waals surface area (Å²) < 4.78 is 4.58. The molecule has 0 saturated heterocycles. The Balaban J connectivity index is 1.99. The number of anilines is 1. The number of carbonyl (C=O) groups excluding carboxylic acids is 1. The molecular formula is C11H14N2O4. The summed E-state index contributed by atoms with van der Waals surface area (Å²) in [5.74, 6) is -0.901. The van der Waals surface area contributed by atoms with Crippen LogP contribution in [0.3, 0.4) is 0 Å². The van der Waals surface area contributed by atoms with Gasteiger partial charge < -0.3 is 14.9 Å². The van der Waals surface area contributed by atoms with Gasteiger partial charge in [-0.05, 0) is 12.8 Å². The van der Waals surface area contributed by atoms with E-state index in [9.17, 15) is 14.7 Å². The van der Waals surface area contributed by atoms with Crippen molar-refractivity contribution in [3.8, 4) is 0 Å². The first-order valence-electron chi connectivity index (χ1n) is 5.56. The van der Waals surface area contributed by atoms with Crippen LogP contribution in [0, 0.1) is 5.41 Å². The first kappa shape index (κ1) is 11.6. The standard InChI is InChI=1S/C11H14N2O4/c14-9(12-8-3-6-17-13-8)7-11(10(15)16)4-1-2-5-11/h3,6H,1-2,4-5,7H2,(H,15,16)(H,12,13,14). The summed E-state index contributed by atoms with van der Waals surface area (Å²) in [6.07, 6.45) is 4.20. The second-order valence-corrected chi connectivity index (χ2v) is 4.40. The highest BCUT2D eigenvalue weighted by Crippen LogP contribution is 2.41. The Labute approximate surface area is 98.0 Å². The number of carboxylic acids is 1. The van der Waals surface area contributed by atoms with E-state index in [-0.39, 0.29) is 12.3 Å². The summed E-state index contributed by atoms with van der Waals surface area (Å²) in [5.41, 5.74) is -0.895. The summed E-state index contributed by atoms with van der Waals surface area (Å²) in [6.45, 7) is 0. The van der Waals surface area contributed by atoms with Crippen molar-refractivity contribution in [3.05, 3.63) is 12.3 Å². The molecule has 0 bridgehead atoms. The predicted molar refractivity (Wildman–Crippen MR) is 58.3 cm³/mol. The van der Waals surface area contributed by atoms with Gasteiger partial charge in [0.2, 0.25) is 5.91 Å². The van der Waals surface area contributed by atoms with Crippen LogP contribution in [0.4, 0.5) is 5.82 Å². The van der Waals surface area contributed by atoms with Crippen molar-refractivity contribution in [1.82, 2.24) is 5.16 Å². The van der Waals surface area contributed by atoms with Crippen LogP contribution in [-0.2, 0) is 9.59 Å². The quantitative estimate of drug-likeness (QED) is 0.831. The Bertz CT molecular complexity index is 407. The van der Waals surface area contributed by atoms with Crippen LogP contribution in [0.5, 0.6) is 0 Å². The third-order valence-corrected chi connectivity index (χ3v) is 3.22. The van der Waals surface area contributed by atoms with E-state index in [2.05, 4.69) is 15.0 Å². The van der Waals surface area contributed by atoms with E-state index in [0.717, 1.165) is 12.8 Å². The number of rotatable bonds is 4. The number of nitrogens with one attached hydrogen (secondary N) is 1. The van der Waals surface area contributed by atoms with E-state index >= 15 is 0 Å². The lowest BCUT2D eigenvalue weighted by atomic mass is 9.82. The fourth-order valence-corrected chi connectivity index (χ4v) is 2.29. The molecule has 0 radical (unpaired) electrons.